The van der Waals surface area contributed by atoms with Gasteiger partial charge in [-0.1, -0.05) is 0 Å². The minimum Gasteiger partial charge on any atom is -0.349 e. The van der Waals surface area contributed by atoms with Crippen LogP contribution in [0.2, 0.25) is 0 Å². The molecule has 0 aromatic carbocycles. The van der Waals surface area contributed by atoms with Crippen LogP contribution >= 0.6 is 0 Å². The maximum atomic E-state index is 11.4. The second-order valence-corrected chi connectivity index (χ2v) is 2.64. The lowest BCUT2D eigenvalue weighted by atomic mass is 10.2. The van der Waals surface area contributed by atoms with Gasteiger partial charge in [-0.3, -0.25) is 4.79 Å². The largest absolute Gasteiger partial charge is 0.349 e. The molecule has 0 saturated carbocycles. The molecule has 0 radical (unpaired) electrons. The molecule has 1 heterocycles. The minimum atomic E-state index is -0.862. The van der Waals surface area contributed by atoms with Crippen LogP contribution in [0.1, 0.15) is 5.82 Å². The van der Waals surface area contributed by atoms with E-state index >= 15 is 0 Å². The highest BCUT2D eigenvalue weighted by Crippen LogP contribution is 1.98. The van der Waals surface area contributed by atoms with Crippen molar-refractivity contribution in [3.63, 3.8) is 0 Å². The quantitative estimate of drug-likeness (QED) is 0.564. The number of Topliss-reactive ketones (excluding diaryl/α,β-unsaturated/α-hetero) is 1. The number of ether oxygens (including phenoxy) is 2. The molecule has 1 rings (SSSR count). The van der Waals surface area contributed by atoms with E-state index in [9.17, 15) is 4.79 Å². The van der Waals surface area contributed by atoms with E-state index in [4.69, 9.17) is 9.47 Å². The van der Waals surface area contributed by atoms with Crippen molar-refractivity contribution in [1.82, 2.24) is 20.2 Å². The number of hydrogen-bond acceptors (Lipinski definition) is 6. The number of ketones is 1. The Morgan fingerprint density at radius 1 is 1.50 bits per heavy atom. The summed E-state index contributed by atoms with van der Waals surface area (Å²) in [6.45, 7) is 0. The molecular weight excluding hydrogens is 188 g/mol. The standard InChI is InChI=1S/C7H12N4O3/c1-11-9-6(8-10-11)4-5(12)7(13-2)14-3/h7H,4H2,1-3H3. The molecule has 0 aliphatic rings. The van der Waals surface area contributed by atoms with Gasteiger partial charge in [0.15, 0.2) is 11.6 Å². The zero-order valence-corrected chi connectivity index (χ0v) is 8.30. The van der Waals surface area contributed by atoms with Crippen molar-refractivity contribution in [1.29, 1.82) is 0 Å². The first-order chi connectivity index (χ1) is 6.67. The Morgan fingerprint density at radius 3 is 2.57 bits per heavy atom. The number of rotatable bonds is 5. The molecule has 14 heavy (non-hydrogen) atoms. The molecule has 1 aromatic heterocycles. The van der Waals surface area contributed by atoms with Gasteiger partial charge in [-0.15, -0.1) is 10.2 Å². The fraction of sp³-hybridized carbons (Fsp3) is 0.714. The molecule has 0 unspecified atom stereocenters. The Morgan fingerprint density at radius 2 is 2.14 bits per heavy atom. The Balaban J connectivity index is 2.56. The van der Waals surface area contributed by atoms with E-state index in [1.165, 1.54) is 19.0 Å². The summed E-state index contributed by atoms with van der Waals surface area (Å²) in [5.74, 6) is 0.125. The Bertz CT molecular complexity index is 308. The summed E-state index contributed by atoms with van der Waals surface area (Å²) < 4.78 is 9.57. The van der Waals surface area contributed by atoms with E-state index in [1.807, 2.05) is 0 Å². The third-order valence-electron chi connectivity index (χ3n) is 1.57. The topological polar surface area (TPSA) is 79.1 Å². The lowest BCUT2D eigenvalue weighted by Gasteiger charge is -2.09. The molecule has 0 aliphatic carbocycles. The summed E-state index contributed by atoms with van der Waals surface area (Å²) in [5.41, 5.74) is 0. The number of hydrogen-bond donors (Lipinski definition) is 0. The van der Waals surface area contributed by atoms with Gasteiger partial charge in [-0.05, 0) is 5.21 Å². The highest BCUT2D eigenvalue weighted by atomic mass is 16.7. The third-order valence-corrected chi connectivity index (χ3v) is 1.57. The monoisotopic (exact) mass is 200 g/mol. The second kappa shape index (κ2) is 4.77. The van der Waals surface area contributed by atoms with Gasteiger partial charge >= 0.3 is 0 Å². The molecule has 0 saturated heterocycles. The van der Waals surface area contributed by atoms with Crippen molar-refractivity contribution in [2.24, 2.45) is 7.05 Å². The van der Waals surface area contributed by atoms with Crippen molar-refractivity contribution >= 4 is 5.78 Å². The summed E-state index contributed by atoms with van der Waals surface area (Å²) in [5, 5.41) is 11.1. The first kappa shape index (κ1) is 10.7. The summed E-state index contributed by atoms with van der Waals surface area (Å²) >= 11 is 0. The minimum absolute atomic E-state index is 0.0557. The maximum Gasteiger partial charge on any atom is 0.217 e. The average Bonchev–Trinajstić information content (AvgIpc) is 2.53. The molecule has 0 spiro atoms. The Hall–Kier alpha value is -1.34. The third kappa shape index (κ3) is 2.57. The molecule has 0 fully saturated rings. The van der Waals surface area contributed by atoms with Crippen molar-refractivity contribution in [2.75, 3.05) is 14.2 Å². The molecule has 7 nitrogen and oxygen atoms in total. The van der Waals surface area contributed by atoms with Gasteiger partial charge in [0.1, 0.15) is 0 Å². The van der Waals surface area contributed by atoms with Crippen LogP contribution in [-0.4, -0.2) is 46.5 Å². The molecule has 0 aliphatic heterocycles. The molecule has 0 bridgehead atoms. The fourth-order valence-electron chi connectivity index (χ4n) is 0.992. The molecule has 1 aromatic rings. The number of carbonyl (C=O) groups excluding carboxylic acids is 1. The summed E-state index contributed by atoms with van der Waals surface area (Å²) in [6, 6.07) is 0. The lowest BCUT2D eigenvalue weighted by molar-refractivity contribution is -0.156. The van der Waals surface area contributed by atoms with Crippen LogP contribution in [-0.2, 0) is 27.7 Å². The molecule has 78 valence electrons. The van der Waals surface area contributed by atoms with Crippen LogP contribution in [0.3, 0.4) is 0 Å². The van der Waals surface area contributed by atoms with Gasteiger partial charge in [-0.25, -0.2) is 0 Å². The van der Waals surface area contributed by atoms with Crippen LogP contribution in [0, 0.1) is 0 Å². The van der Waals surface area contributed by atoms with Gasteiger partial charge in [-0.2, -0.15) is 4.80 Å². The number of methoxy groups -OCH3 is 2. The summed E-state index contributed by atoms with van der Waals surface area (Å²) in [4.78, 5) is 12.7. The zero-order chi connectivity index (χ0) is 10.6. The Kier molecular flexibility index (Phi) is 3.66. The molecule has 0 atom stereocenters. The predicted octanol–water partition coefficient (Wildman–Crippen LogP) is -1.06. The number of tetrazole rings is 1. The average molecular weight is 200 g/mol. The zero-order valence-electron chi connectivity index (χ0n) is 8.30. The van der Waals surface area contributed by atoms with Gasteiger partial charge in [0.25, 0.3) is 0 Å². The maximum absolute atomic E-state index is 11.4. The van der Waals surface area contributed by atoms with E-state index < -0.39 is 6.29 Å². The van der Waals surface area contributed by atoms with E-state index in [-0.39, 0.29) is 12.2 Å². The van der Waals surface area contributed by atoms with Gasteiger partial charge in [0.05, 0.1) is 13.5 Å². The summed E-state index contributed by atoms with van der Waals surface area (Å²) in [7, 11) is 4.43. The van der Waals surface area contributed by atoms with Crippen LogP contribution < -0.4 is 0 Å². The van der Waals surface area contributed by atoms with E-state index in [1.54, 1.807) is 7.05 Å². The van der Waals surface area contributed by atoms with E-state index in [2.05, 4.69) is 15.4 Å². The predicted molar refractivity (Wildman–Crippen MR) is 45.3 cm³/mol. The van der Waals surface area contributed by atoms with Gasteiger partial charge in [0.2, 0.25) is 6.29 Å². The van der Waals surface area contributed by atoms with Crippen LogP contribution in [0.4, 0.5) is 0 Å². The van der Waals surface area contributed by atoms with Crippen molar-refractivity contribution in [3.05, 3.63) is 5.82 Å². The van der Waals surface area contributed by atoms with Crippen molar-refractivity contribution < 1.29 is 14.3 Å². The van der Waals surface area contributed by atoms with Gasteiger partial charge in [0, 0.05) is 14.2 Å². The normalized spacial score (nSPS) is 10.9. The molecule has 0 N–H and O–H groups in total. The molecular formula is C7H12N4O3. The Labute approximate surface area is 81.0 Å². The smallest absolute Gasteiger partial charge is 0.217 e. The van der Waals surface area contributed by atoms with Crippen LogP contribution in [0.5, 0.6) is 0 Å². The van der Waals surface area contributed by atoms with Crippen molar-refractivity contribution in [3.8, 4) is 0 Å². The first-order valence-corrected chi connectivity index (χ1v) is 3.98. The summed E-state index contributed by atoms with van der Waals surface area (Å²) in [6.07, 6.45) is -0.806. The lowest BCUT2D eigenvalue weighted by Crippen LogP contribution is -2.26. The number of carbonyl (C=O) groups is 1. The van der Waals surface area contributed by atoms with Crippen LogP contribution in [0.15, 0.2) is 0 Å². The van der Waals surface area contributed by atoms with Crippen molar-refractivity contribution in [2.45, 2.75) is 12.7 Å². The number of aryl methyl sites for hydroxylation is 1. The van der Waals surface area contributed by atoms with E-state index in [0.717, 1.165) is 0 Å². The van der Waals surface area contributed by atoms with E-state index in [0.29, 0.717) is 5.82 Å². The number of nitrogens with zero attached hydrogens (tertiary/aromatic N) is 4. The highest BCUT2D eigenvalue weighted by molar-refractivity contribution is 5.83. The van der Waals surface area contributed by atoms with Crippen LogP contribution in [0.25, 0.3) is 0 Å². The van der Waals surface area contributed by atoms with Gasteiger partial charge < -0.3 is 9.47 Å². The fourth-order valence-corrected chi connectivity index (χ4v) is 0.992. The highest BCUT2D eigenvalue weighted by Gasteiger charge is 2.19. The SMILES string of the molecule is COC(OC)C(=O)Cc1nnn(C)n1. The number of aromatic nitrogens is 4. The molecule has 0 amide bonds. The second-order valence-electron chi connectivity index (χ2n) is 2.64. The molecule has 7 heteroatoms. The first-order valence-electron chi connectivity index (χ1n) is 3.98.